The van der Waals surface area contributed by atoms with Gasteiger partial charge in [0.05, 0.1) is 12.5 Å². The van der Waals surface area contributed by atoms with Gasteiger partial charge in [0.2, 0.25) is 23.6 Å². The normalized spacial score (nSPS) is 15.0. The van der Waals surface area contributed by atoms with Crippen molar-refractivity contribution in [1.82, 2.24) is 21.3 Å². The Morgan fingerprint density at radius 2 is 1.00 bits per heavy atom. The standard InChI is InChI=1S/C24H41N5O10/c1-10(2)17(28-23(37)18(11(3)4)27-20(34)13(25)7-8-15(30)31)22(36)26-14(9-16(32)33)21(35)29-19(12(5)6)24(38)39/h10-14,17-19H,7-9,25H2,1-6H3,(H,26,36)(H,27,34)(H,28,37)(H,29,35)(H,30,31)(H,32,33)(H,38,39)/t13-,14-,17-,18-,19-/m0/s1. The second kappa shape index (κ2) is 16.3. The molecule has 0 aromatic heterocycles. The van der Waals surface area contributed by atoms with Gasteiger partial charge in [-0.25, -0.2) is 4.79 Å². The summed E-state index contributed by atoms with van der Waals surface area (Å²) in [5, 5.41) is 36.7. The first-order valence-electron chi connectivity index (χ1n) is 12.5. The Morgan fingerprint density at radius 3 is 1.38 bits per heavy atom. The number of aliphatic carboxylic acids is 3. The minimum Gasteiger partial charge on any atom is -0.481 e. The van der Waals surface area contributed by atoms with Gasteiger partial charge in [-0.2, -0.15) is 0 Å². The molecule has 39 heavy (non-hydrogen) atoms. The summed E-state index contributed by atoms with van der Waals surface area (Å²) < 4.78 is 0. The maximum atomic E-state index is 13.1. The molecule has 0 aliphatic carbocycles. The van der Waals surface area contributed by atoms with E-state index < -0.39 is 95.9 Å². The summed E-state index contributed by atoms with van der Waals surface area (Å²) in [7, 11) is 0. The highest BCUT2D eigenvalue weighted by molar-refractivity contribution is 5.96. The van der Waals surface area contributed by atoms with Crippen LogP contribution in [0.1, 0.15) is 60.8 Å². The maximum Gasteiger partial charge on any atom is 0.326 e. The van der Waals surface area contributed by atoms with E-state index in [1.165, 1.54) is 13.8 Å². The summed E-state index contributed by atoms with van der Waals surface area (Å²) in [6.45, 7) is 9.49. The number of hydrogen-bond acceptors (Lipinski definition) is 8. The summed E-state index contributed by atoms with van der Waals surface area (Å²) in [5.41, 5.74) is 5.71. The Hall–Kier alpha value is -3.75. The van der Waals surface area contributed by atoms with Crippen LogP contribution in [0.4, 0.5) is 0 Å². The van der Waals surface area contributed by atoms with Crippen LogP contribution in [-0.2, 0) is 33.6 Å². The topological polar surface area (TPSA) is 254 Å². The van der Waals surface area contributed by atoms with Gasteiger partial charge in [-0.05, 0) is 24.2 Å². The summed E-state index contributed by atoms with van der Waals surface area (Å²) in [5.74, 6) is -8.90. The SMILES string of the molecule is CC(C)[C@H](NC(=O)[C@H](CC(=O)O)NC(=O)[C@@H](NC(=O)[C@@H](NC(=O)[C@@H](N)CCC(=O)O)C(C)C)C(C)C)C(=O)O. The number of carbonyl (C=O) groups is 7. The maximum absolute atomic E-state index is 13.1. The molecule has 15 heteroatoms. The number of carboxylic acids is 3. The third-order valence-electron chi connectivity index (χ3n) is 5.74. The van der Waals surface area contributed by atoms with Crippen molar-refractivity contribution in [1.29, 1.82) is 0 Å². The van der Waals surface area contributed by atoms with Crippen molar-refractivity contribution < 1.29 is 48.9 Å². The highest BCUT2D eigenvalue weighted by Crippen LogP contribution is 2.09. The minimum atomic E-state index is -1.64. The lowest BCUT2D eigenvalue weighted by Crippen LogP contribution is -2.60. The molecular weight excluding hydrogens is 518 g/mol. The molecule has 0 saturated heterocycles. The molecule has 0 spiro atoms. The molecule has 9 N–H and O–H groups in total. The zero-order valence-corrected chi connectivity index (χ0v) is 23.0. The van der Waals surface area contributed by atoms with Crippen LogP contribution >= 0.6 is 0 Å². The molecule has 0 unspecified atom stereocenters. The first-order chi connectivity index (χ1) is 17.9. The van der Waals surface area contributed by atoms with Crippen LogP contribution in [0.25, 0.3) is 0 Å². The van der Waals surface area contributed by atoms with E-state index in [2.05, 4.69) is 21.3 Å². The Morgan fingerprint density at radius 1 is 0.590 bits per heavy atom. The van der Waals surface area contributed by atoms with E-state index >= 15 is 0 Å². The third kappa shape index (κ3) is 12.6. The van der Waals surface area contributed by atoms with Gasteiger partial charge in [-0.3, -0.25) is 28.8 Å². The number of rotatable bonds is 17. The summed E-state index contributed by atoms with van der Waals surface area (Å²) >= 11 is 0. The van der Waals surface area contributed by atoms with Crippen molar-refractivity contribution in [3.8, 4) is 0 Å². The molecule has 4 amide bonds. The lowest BCUT2D eigenvalue weighted by molar-refractivity contribution is -0.144. The number of amides is 4. The monoisotopic (exact) mass is 559 g/mol. The van der Waals surface area contributed by atoms with Gasteiger partial charge in [0.1, 0.15) is 24.2 Å². The Kier molecular flexibility index (Phi) is 14.7. The fourth-order valence-corrected chi connectivity index (χ4v) is 3.40. The van der Waals surface area contributed by atoms with E-state index in [1.54, 1.807) is 27.7 Å². The first-order valence-corrected chi connectivity index (χ1v) is 12.5. The van der Waals surface area contributed by atoms with Crippen LogP contribution in [0.2, 0.25) is 0 Å². The van der Waals surface area contributed by atoms with Gasteiger partial charge in [0, 0.05) is 6.42 Å². The summed E-state index contributed by atoms with van der Waals surface area (Å²) in [4.78, 5) is 84.7. The molecule has 0 aromatic rings. The van der Waals surface area contributed by atoms with Crippen LogP contribution in [0.15, 0.2) is 0 Å². The quantitative estimate of drug-likeness (QED) is 0.103. The van der Waals surface area contributed by atoms with Crippen LogP contribution in [0.5, 0.6) is 0 Å². The Labute approximate surface area is 226 Å². The molecule has 0 radical (unpaired) electrons. The fourth-order valence-electron chi connectivity index (χ4n) is 3.40. The molecule has 5 atom stereocenters. The molecule has 0 aliphatic heterocycles. The van der Waals surface area contributed by atoms with E-state index in [0.717, 1.165) is 0 Å². The molecule has 0 saturated carbocycles. The number of carbonyl (C=O) groups excluding carboxylic acids is 4. The van der Waals surface area contributed by atoms with Gasteiger partial charge in [0.25, 0.3) is 0 Å². The molecule has 0 fully saturated rings. The van der Waals surface area contributed by atoms with Gasteiger partial charge in [0.15, 0.2) is 0 Å². The van der Waals surface area contributed by atoms with Crippen molar-refractivity contribution >= 4 is 41.5 Å². The number of nitrogens with two attached hydrogens (primary N) is 1. The van der Waals surface area contributed by atoms with E-state index in [1.807, 2.05) is 0 Å². The number of nitrogens with one attached hydrogen (secondary N) is 4. The van der Waals surface area contributed by atoms with Crippen LogP contribution in [0.3, 0.4) is 0 Å². The highest BCUT2D eigenvalue weighted by Gasteiger charge is 2.35. The van der Waals surface area contributed by atoms with Crippen LogP contribution in [-0.4, -0.2) is 87.1 Å². The van der Waals surface area contributed by atoms with Gasteiger partial charge in [-0.1, -0.05) is 41.5 Å². The predicted molar refractivity (Wildman–Crippen MR) is 137 cm³/mol. The second-order valence-corrected chi connectivity index (χ2v) is 10.2. The average Bonchev–Trinajstić information content (AvgIpc) is 2.80. The van der Waals surface area contributed by atoms with Gasteiger partial charge in [-0.15, -0.1) is 0 Å². The molecular formula is C24H41N5O10. The van der Waals surface area contributed by atoms with E-state index in [9.17, 15) is 43.8 Å². The number of hydrogen-bond donors (Lipinski definition) is 8. The number of carboxylic acid groups (broad SMARTS) is 3. The van der Waals surface area contributed by atoms with Crippen molar-refractivity contribution in [3.63, 3.8) is 0 Å². The lowest BCUT2D eigenvalue weighted by Gasteiger charge is -2.29. The Bertz CT molecular complexity index is 921. The largest absolute Gasteiger partial charge is 0.481 e. The predicted octanol–water partition coefficient (Wildman–Crippen LogP) is -1.35. The summed E-state index contributed by atoms with van der Waals surface area (Å²) in [6, 6.07) is -6.57. The lowest BCUT2D eigenvalue weighted by atomic mass is 9.98. The van der Waals surface area contributed by atoms with Gasteiger partial charge >= 0.3 is 17.9 Å². The Balaban J connectivity index is 5.68. The molecule has 222 valence electrons. The smallest absolute Gasteiger partial charge is 0.326 e. The fraction of sp³-hybridized carbons (Fsp3) is 0.708. The molecule has 15 nitrogen and oxygen atoms in total. The van der Waals surface area contributed by atoms with Crippen molar-refractivity contribution in [2.45, 2.75) is 91.0 Å². The van der Waals surface area contributed by atoms with E-state index in [4.69, 9.17) is 10.8 Å². The van der Waals surface area contributed by atoms with Crippen molar-refractivity contribution in [3.05, 3.63) is 0 Å². The first kappa shape index (κ1) is 35.2. The molecule has 0 rings (SSSR count). The zero-order valence-electron chi connectivity index (χ0n) is 23.0. The highest BCUT2D eigenvalue weighted by atomic mass is 16.4. The van der Waals surface area contributed by atoms with Crippen molar-refractivity contribution in [2.75, 3.05) is 0 Å². The zero-order chi connectivity index (χ0) is 30.6. The second-order valence-electron chi connectivity index (χ2n) is 10.2. The summed E-state index contributed by atoms with van der Waals surface area (Å²) in [6.07, 6.45) is -1.35. The molecule has 0 bridgehead atoms. The van der Waals surface area contributed by atoms with E-state index in [-0.39, 0.29) is 12.8 Å². The average molecular weight is 560 g/mol. The molecule has 0 aliphatic rings. The molecule has 0 heterocycles. The van der Waals surface area contributed by atoms with Crippen molar-refractivity contribution in [2.24, 2.45) is 23.5 Å². The van der Waals surface area contributed by atoms with E-state index in [0.29, 0.717) is 0 Å². The van der Waals surface area contributed by atoms with Crippen LogP contribution < -0.4 is 27.0 Å². The molecule has 0 aromatic carbocycles. The van der Waals surface area contributed by atoms with Gasteiger partial charge < -0.3 is 42.3 Å². The minimum absolute atomic E-state index is 0.156. The third-order valence-corrected chi connectivity index (χ3v) is 5.74. The van der Waals surface area contributed by atoms with Crippen LogP contribution in [0, 0.1) is 17.8 Å².